The molecule has 0 N–H and O–H groups in total. The van der Waals surface area contributed by atoms with Gasteiger partial charge in [-0.05, 0) is 59.4 Å². The summed E-state index contributed by atoms with van der Waals surface area (Å²) in [5, 5.41) is -0.115. The van der Waals surface area contributed by atoms with Crippen LogP contribution in [-0.2, 0) is 10.8 Å². The summed E-state index contributed by atoms with van der Waals surface area (Å²) in [5.74, 6) is 0.182. The number of fused-ring (bicyclic) bond motifs is 1. The van der Waals surface area contributed by atoms with Crippen molar-refractivity contribution in [1.29, 1.82) is 0 Å². The third-order valence-corrected chi connectivity index (χ3v) is 5.92. The number of ether oxygens (including phenoxy) is 1. The summed E-state index contributed by atoms with van der Waals surface area (Å²) in [5.41, 5.74) is 4.96. The van der Waals surface area contributed by atoms with Gasteiger partial charge in [-0.25, -0.2) is 9.37 Å². The first-order valence-corrected chi connectivity index (χ1v) is 9.01. The van der Waals surface area contributed by atoms with Crippen molar-refractivity contribution < 1.29 is 9.13 Å². The second kappa shape index (κ2) is 5.98. The van der Waals surface area contributed by atoms with E-state index in [4.69, 9.17) is 16.3 Å². The highest BCUT2D eigenvalue weighted by molar-refractivity contribution is 6.29. The monoisotopic (exact) mass is 361 g/mol. The predicted molar refractivity (Wildman–Crippen MR) is 101 cm³/mol. The van der Waals surface area contributed by atoms with Crippen molar-refractivity contribution in [1.82, 2.24) is 4.98 Å². The zero-order valence-corrected chi connectivity index (χ0v) is 16.5. The summed E-state index contributed by atoms with van der Waals surface area (Å²) in [6.45, 7) is 11.1. The number of benzene rings is 1. The lowest BCUT2D eigenvalue weighted by molar-refractivity contribution is 0.327. The third kappa shape index (κ3) is 2.83. The van der Waals surface area contributed by atoms with Gasteiger partial charge in [-0.3, -0.25) is 0 Å². The summed E-state index contributed by atoms with van der Waals surface area (Å²) < 4.78 is 20.4. The number of hydrogen-bond acceptors (Lipinski definition) is 2. The van der Waals surface area contributed by atoms with Crippen molar-refractivity contribution in [3.05, 3.63) is 46.0 Å². The van der Waals surface area contributed by atoms with E-state index in [1.807, 2.05) is 0 Å². The molecular formula is C21H25ClFNO. The minimum Gasteiger partial charge on any atom is -0.496 e. The Labute approximate surface area is 154 Å². The molecule has 134 valence electrons. The molecule has 0 saturated carbocycles. The Morgan fingerprint density at radius 3 is 2.44 bits per heavy atom. The van der Waals surface area contributed by atoms with E-state index in [1.54, 1.807) is 13.2 Å². The highest BCUT2D eigenvalue weighted by Gasteiger charge is 2.40. The predicted octanol–water partition coefficient (Wildman–Crippen LogP) is 6.21. The van der Waals surface area contributed by atoms with E-state index in [2.05, 4.69) is 45.7 Å². The lowest BCUT2D eigenvalue weighted by atomic mass is 9.61. The van der Waals surface area contributed by atoms with Crippen LogP contribution >= 0.6 is 11.6 Å². The third-order valence-electron chi connectivity index (χ3n) is 5.66. The molecule has 1 aromatic heterocycles. The minimum atomic E-state index is -0.501. The Hall–Kier alpha value is -1.61. The van der Waals surface area contributed by atoms with Crippen LogP contribution in [0.2, 0.25) is 5.15 Å². The molecular weight excluding hydrogens is 337 g/mol. The molecule has 0 amide bonds. The van der Waals surface area contributed by atoms with Gasteiger partial charge in [-0.1, -0.05) is 39.3 Å². The highest BCUT2D eigenvalue weighted by Crippen LogP contribution is 2.51. The molecule has 25 heavy (non-hydrogen) atoms. The van der Waals surface area contributed by atoms with E-state index >= 15 is 0 Å². The Kier molecular flexibility index (Phi) is 4.35. The number of halogens is 2. The van der Waals surface area contributed by atoms with Crippen LogP contribution in [0.3, 0.4) is 0 Å². The normalized spacial score (nSPS) is 17.9. The molecule has 3 rings (SSSR count). The summed E-state index contributed by atoms with van der Waals surface area (Å²) in [6, 6.07) is 3.76. The average Bonchev–Trinajstić information content (AvgIpc) is 2.54. The molecule has 0 spiro atoms. The van der Waals surface area contributed by atoms with Gasteiger partial charge >= 0.3 is 0 Å². The lowest BCUT2D eigenvalue weighted by Crippen LogP contribution is -2.35. The van der Waals surface area contributed by atoms with E-state index < -0.39 is 5.82 Å². The van der Waals surface area contributed by atoms with Crippen LogP contribution in [-0.4, -0.2) is 12.1 Å². The van der Waals surface area contributed by atoms with Crippen LogP contribution in [0.4, 0.5) is 4.39 Å². The Morgan fingerprint density at radius 2 is 1.80 bits per heavy atom. The van der Waals surface area contributed by atoms with Gasteiger partial charge in [0.1, 0.15) is 5.75 Å². The quantitative estimate of drug-likeness (QED) is 0.593. The first-order valence-electron chi connectivity index (χ1n) is 8.63. The van der Waals surface area contributed by atoms with Crippen molar-refractivity contribution in [3.63, 3.8) is 0 Å². The second-order valence-electron chi connectivity index (χ2n) is 8.23. The van der Waals surface area contributed by atoms with Gasteiger partial charge in [0.25, 0.3) is 0 Å². The molecule has 1 aliphatic carbocycles. The fourth-order valence-corrected chi connectivity index (χ4v) is 4.34. The molecule has 0 fully saturated rings. The number of pyridine rings is 1. The maximum Gasteiger partial charge on any atom is 0.168 e. The zero-order valence-electron chi connectivity index (χ0n) is 15.8. The number of rotatable bonds is 2. The average molecular weight is 362 g/mol. The van der Waals surface area contributed by atoms with Crippen molar-refractivity contribution in [3.8, 4) is 16.9 Å². The SMILES string of the molecule is COc1cc2c(c(C)c1-c1ccnc(Cl)c1F)C(C)(C)CCC2(C)C. The van der Waals surface area contributed by atoms with E-state index in [0.29, 0.717) is 11.3 Å². The van der Waals surface area contributed by atoms with E-state index in [-0.39, 0.29) is 16.0 Å². The van der Waals surface area contributed by atoms with E-state index in [1.165, 1.54) is 17.3 Å². The second-order valence-corrected chi connectivity index (χ2v) is 8.59. The topological polar surface area (TPSA) is 22.1 Å². The molecule has 0 bridgehead atoms. The van der Waals surface area contributed by atoms with Crippen molar-refractivity contribution in [2.45, 2.75) is 58.3 Å². The number of nitrogens with zero attached hydrogens (tertiary/aromatic N) is 1. The summed E-state index contributed by atoms with van der Waals surface area (Å²) in [4.78, 5) is 3.84. The molecule has 1 aliphatic rings. The van der Waals surface area contributed by atoms with Gasteiger partial charge in [-0.15, -0.1) is 0 Å². The largest absolute Gasteiger partial charge is 0.496 e. The molecule has 1 heterocycles. The molecule has 0 atom stereocenters. The number of aromatic nitrogens is 1. The summed E-state index contributed by atoms with van der Waals surface area (Å²) >= 11 is 5.93. The number of methoxy groups -OCH3 is 1. The van der Waals surface area contributed by atoms with E-state index in [0.717, 1.165) is 24.0 Å². The first kappa shape index (κ1) is 18.2. The first-order chi connectivity index (χ1) is 11.6. The van der Waals surface area contributed by atoms with Gasteiger partial charge < -0.3 is 4.74 Å². The van der Waals surface area contributed by atoms with Crippen LogP contribution in [0, 0.1) is 12.7 Å². The highest BCUT2D eigenvalue weighted by atomic mass is 35.5. The maximum absolute atomic E-state index is 14.7. The molecule has 2 aromatic rings. The fraction of sp³-hybridized carbons (Fsp3) is 0.476. The van der Waals surface area contributed by atoms with Crippen LogP contribution in [0.25, 0.3) is 11.1 Å². The smallest absolute Gasteiger partial charge is 0.168 e. The van der Waals surface area contributed by atoms with Gasteiger partial charge in [0.2, 0.25) is 0 Å². The molecule has 1 aromatic carbocycles. The van der Waals surface area contributed by atoms with E-state index in [9.17, 15) is 4.39 Å². The molecule has 2 nitrogen and oxygen atoms in total. The number of hydrogen-bond donors (Lipinski definition) is 0. The molecule has 0 aliphatic heterocycles. The van der Waals surface area contributed by atoms with Gasteiger partial charge in [0.05, 0.1) is 7.11 Å². The molecule has 4 heteroatoms. The van der Waals surface area contributed by atoms with Crippen molar-refractivity contribution >= 4 is 11.6 Å². The van der Waals surface area contributed by atoms with Gasteiger partial charge in [0, 0.05) is 17.3 Å². The standard InChI is InChI=1S/C21H25ClFNO/c1-12-16(13-7-10-24-19(22)18(13)23)15(25-6)11-14-17(12)21(4,5)9-8-20(14,2)3/h7,10-11H,8-9H2,1-6H3. The van der Waals surface area contributed by atoms with Crippen LogP contribution in [0.1, 0.15) is 57.2 Å². The Morgan fingerprint density at radius 1 is 1.16 bits per heavy atom. The zero-order chi connectivity index (χ0) is 18.6. The van der Waals surface area contributed by atoms with Crippen LogP contribution in [0.15, 0.2) is 18.3 Å². The van der Waals surface area contributed by atoms with Gasteiger partial charge in [0.15, 0.2) is 11.0 Å². The molecule has 0 unspecified atom stereocenters. The minimum absolute atomic E-state index is 0.0310. The lowest BCUT2D eigenvalue weighted by Gasteiger charge is -2.43. The van der Waals surface area contributed by atoms with Crippen molar-refractivity contribution in [2.75, 3.05) is 7.11 Å². The summed E-state index contributed by atoms with van der Waals surface area (Å²) in [7, 11) is 1.63. The maximum atomic E-state index is 14.7. The fourth-order valence-electron chi connectivity index (χ4n) is 4.18. The van der Waals surface area contributed by atoms with Crippen molar-refractivity contribution in [2.24, 2.45) is 0 Å². The molecule has 0 radical (unpaired) electrons. The van der Waals surface area contributed by atoms with Gasteiger partial charge in [-0.2, -0.15) is 0 Å². The van der Waals surface area contributed by atoms with Crippen LogP contribution in [0.5, 0.6) is 5.75 Å². The summed E-state index contributed by atoms with van der Waals surface area (Å²) in [6.07, 6.45) is 3.75. The molecule has 0 saturated heterocycles. The Bertz CT molecular complexity index is 842. The van der Waals surface area contributed by atoms with Crippen LogP contribution < -0.4 is 4.74 Å². The Balaban J connectivity index is 2.41.